The molecule has 19 heavy (non-hydrogen) atoms. The molecule has 1 N–H and O–H groups in total. The highest BCUT2D eigenvalue weighted by Crippen LogP contribution is 2.17. The Bertz CT molecular complexity index is 644. The molecule has 1 saturated heterocycles. The van der Waals surface area contributed by atoms with E-state index in [0.29, 0.717) is 11.6 Å². The summed E-state index contributed by atoms with van der Waals surface area (Å²) in [6.07, 6.45) is 0.985. The summed E-state index contributed by atoms with van der Waals surface area (Å²) < 4.78 is 6.71. The van der Waals surface area contributed by atoms with Gasteiger partial charge in [0.15, 0.2) is 5.58 Å². The molecule has 2 aromatic rings. The van der Waals surface area contributed by atoms with Crippen LogP contribution in [-0.4, -0.2) is 42.2 Å². The number of nitrogens with zero attached hydrogens (tertiary/aromatic N) is 2. The summed E-state index contributed by atoms with van der Waals surface area (Å²) in [4.78, 5) is 13.9. The largest absolute Gasteiger partial charge is 0.419 e. The van der Waals surface area contributed by atoms with E-state index in [-0.39, 0.29) is 5.76 Å². The molecular formula is C14H19N3O2. The number of piperazine rings is 1. The van der Waals surface area contributed by atoms with Crippen LogP contribution in [0, 0.1) is 0 Å². The molecule has 1 aromatic heterocycles. The SMILES string of the molecule is CN1CCNCC1Cc1ccc2oc(=O)n(C)c2c1. The van der Waals surface area contributed by atoms with Crippen LogP contribution < -0.4 is 11.1 Å². The summed E-state index contributed by atoms with van der Waals surface area (Å²) in [5.74, 6) is -0.302. The molecule has 1 unspecified atom stereocenters. The highest BCUT2D eigenvalue weighted by molar-refractivity contribution is 5.73. The zero-order chi connectivity index (χ0) is 13.4. The number of rotatable bonds is 2. The summed E-state index contributed by atoms with van der Waals surface area (Å²) in [7, 11) is 3.91. The van der Waals surface area contributed by atoms with E-state index in [1.54, 1.807) is 11.6 Å². The number of likely N-dealkylation sites (N-methyl/N-ethyl adjacent to an activating group) is 1. The van der Waals surface area contributed by atoms with Gasteiger partial charge in [0, 0.05) is 32.7 Å². The first-order chi connectivity index (χ1) is 9.15. The quantitative estimate of drug-likeness (QED) is 0.859. The number of hydrogen-bond donors (Lipinski definition) is 1. The van der Waals surface area contributed by atoms with Gasteiger partial charge in [-0.15, -0.1) is 0 Å². The summed E-state index contributed by atoms with van der Waals surface area (Å²) in [6, 6.07) is 6.51. The maximum absolute atomic E-state index is 11.5. The minimum atomic E-state index is -0.302. The van der Waals surface area contributed by atoms with Crippen LogP contribution >= 0.6 is 0 Å². The van der Waals surface area contributed by atoms with Crippen molar-refractivity contribution in [3.8, 4) is 0 Å². The molecule has 0 amide bonds. The molecule has 0 saturated carbocycles. The molecule has 0 aliphatic carbocycles. The van der Waals surface area contributed by atoms with Gasteiger partial charge in [-0.05, 0) is 31.2 Å². The van der Waals surface area contributed by atoms with Gasteiger partial charge in [-0.2, -0.15) is 0 Å². The lowest BCUT2D eigenvalue weighted by Crippen LogP contribution is -2.50. The lowest BCUT2D eigenvalue weighted by Gasteiger charge is -2.33. The lowest BCUT2D eigenvalue weighted by molar-refractivity contribution is 0.199. The summed E-state index contributed by atoms with van der Waals surface area (Å²) in [5.41, 5.74) is 2.77. The van der Waals surface area contributed by atoms with E-state index in [9.17, 15) is 4.79 Å². The van der Waals surface area contributed by atoms with Crippen LogP contribution in [-0.2, 0) is 13.5 Å². The molecule has 5 heteroatoms. The minimum Gasteiger partial charge on any atom is -0.408 e. The highest BCUT2D eigenvalue weighted by Gasteiger charge is 2.19. The van der Waals surface area contributed by atoms with Crippen molar-refractivity contribution in [2.45, 2.75) is 12.5 Å². The van der Waals surface area contributed by atoms with Crippen molar-refractivity contribution in [1.29, 1.82) is 0 Å². The van der Waals surface area contributed by atoms with Crippen molar-refractivity contribution in [3.63, 3.8) is 0 Å². The number of aryl methyl sites for hydroxylation is 1. The average Bonchev–Trinajstić information content (AvgIpc) is 2.68. The average molecular weight is 261 g/mol. The molecule has 1 fully saturated rings. The van der Waals surface area contributed by atoms with Gasteiger partial charge in [0.25, 0.3) is 0 Å². The molecular weight excluding hydrogens is 242 g/mol. The Morgan fingerprint density at radius 2 is 2.26 bits per heavy atom. The third-order valence-corrected chi connectivity index (χ3v) is 3.97. The normalized spacial score (nSPS) is 21.1. The van der Waals surface area contributed by atoms with E-state index in [1.807, 2.05) is 12.1 Å². The molecule has 2 heterocycles. The molecule has 3 rings (SSSR count). The fourth-order valence-electron chi connectivity index (χ4n) is 2.66. The van der Waals surface area contributed by atoms with Gasteiger partial charge in [-0.1, -0.05) is 6.07 Å². The van der Waals surface area contributed by atoms with Crippen LogP contribution in [0.3, 0.4) is 0 Å². The summed E-state index contributed by atoms with van der Waals surface area (Å²) in [6.45, 7) is 3.15. The third-order valence-electron chi connectivity index (χ3n) is 3.97. The zero-order valence-electron chi connectivity index (χ0n) is 11.3. The number of benzene rings is 1. The minimum absolute atomic E-state index is 0.302. The second kappa shape index (κ2) is 4.83. The standard InChI is InChI=1S/C14H19N3O2/c1-16-6-5-15-9-11(16)7-10-3-4-13-12(8-10)17(2)14(18)19-13/h3-4,8,11,15H,5-7,9H2,1-2H3. The van der Waals surface area contributed by atoms with Crippen LogP contribution in [0.1, 0.15) is 5.56 Å². The topological polar surface area (TPSA) is 50.4 Å². The number of fused-ring (bicyclic) bond motifs is 1. The molecule has 1 aliphatic rings. The Morgan fingerprint density at radius 3 is 3.05 bits per heavy atom. The number of hydrogen-bond acceptors (Lipinski definition) is 4. The Hall–Kier alpha value is -1.59. The van der Waals surface area contributed by atoms with Gasteiger partial charge in [-0.25, -0.2) is 4.79 Å². The van der Waals surface area contributed by atoms with Crippen LogP contribution in [0.25, 0.3) is 11.1 Å². The van der Waals surface area contributed by atoms with E-state index < -0.39 is 0 Å². The fraction of sp³-hybridized carbons (Fsp3) is 0.500. The van der Waals surface area contributed by atoms with E-state index in [1.165, 1.54) is 5.56 Å². The van der Waals surface area contributed by atoms with Crippen LogP contribution in [0.4, 0.5) is 0 Å². The van der Waals surface area contributed by atoms with Crippen LogP contribution in [0.2, 0.25) is 0 Å². The first kappa shape index (κ1) is 12.4. The summed E-state index contributed by atoms with van der Waals surface area (Å²) in [5, 5.41) is 3.42. The number of aromatic nitrogens is 1. The van der Waals surface area contributed by atoms with Crippen LogP contribution in [0.15, 0.2) is 27.4 Å². The molecule has 1 aliphatic heterocycles. The van der Waals surface area contributed by atoms with Crippen molar-refractivity contribution in [2.24, 2.45) is 7.05 Å². The Kier molecular flexibility index (Phi) is 3.16. The predicted molar refractivity (Wildman–Crippen MR) is 74.4 cm³/mol. The molecule has 1 atom stereocenters. The fourth-order valence-corrected chi connectivity index (χ4v) is 2.66. The predicted octanol–water partition coefficient (Wildman–Crippen LogP) is 0.578. The third kappa shape index (κ3) is 2.31. The molecule has 1 aromatic carbocycles. The van der Waals surface area contributed by atoms with Crippen molar-refractivity contribution in [2.75, 3.05) is 26.7 Å². The van der Waals surface area contributed by atoms with Gasteiger partial charge < -0.3 is 14.6 Å². The van der Waals surface area contributed by atoms with Gasteiger partial charge in [0.2, 0.25) is 0 Å². The van der Waals surface area contributed by atoms with Gasteiger partial charge in [-0.3, -0.25) is 4.57 Å². The molecule has 0 radical (unpaired) electrons. The highest BCUT2D eigenvalue weighted by atomic mass is 16.4. The van der Waals surface area contributed by atoms with Crippen LogP contribution in [0.5, 0.6) is 0 Å². The van der Waals surface area contributed by atoms with E-state index in [0.717, 1.165) is 31.6 Å². The first-order valence-electron chi connectivity index (χ1n) is 6.64. The van der Waals surface area contributed by atoms with E-state index in [4.69, 9.17) is 4.42 Å². The first-order valence-corrected chi connectivity index (χ1v) is 6.64. The van der Waals surface area contributed by atoms with E-state index >= 15 is 0 Å². The lowest BCUT2D eigenvalue weighted by atomic mass is 10.0. The van der Waals surface area contributed by atoms with Crippen molar-refractivity contribution >= 4 is 11.1 Å². The number of nitrogens with one attached hydrogen (secondary N) is 1. The van der Waals surface area contributed by atoms with E-state index in [2.05, 4.69) is 23.3 Å². The maximum Gasteiger partial charge on any atom is 0.419 e. The Morgan fingerprint density at radius 1 is 1.42 bits per heavy atom. The monoisotopic (exact) mass is 261 g/mol. The van der Waals surface area contributed by atoms with Gasteiger partial charge >= 0.3 is 5.76 Å². The van der Waals surface area contributed by atoms with Crippen molar-refractivity contribution in [3.05, 3.63) is 34.3 Å². The second-order valence-corrected chi connectivity index (χ2v) is 5.27. The second-order valence-electron chi connectivity index (χ2n) is 5.27. The van der Waals surface area contributed by atoms with Gasteiger partial charge in [0.1, 0.15) is 0 Å². The molecule has 0 spiro atoms. The molecule has 5 nitrogen and oxygen atoms in total. The maximum atomic E-state index is 11.5. The van der Waals surface area contributed by atoms with Gasteiger partial charge in [0.05, 0.1) is 5.52 Å². The number of oxazole rings is 1. The van der Waals surface area contributed by atoms with Crippen molar-refractivity contribution < 1.29 is 4.42 Å². The Balaban J connectivity index is 1.88. The Labute approximate surface area is 111 Å². The zero-order valence-corrected chi connectivity index (χ0v) is 11.3. The smallest absolute Gasteiger partial charge is 0.408 e. The summed E-state index contributed by atoms with van der Waals surface area (Å²) >= 11 is 0. The molecule has 0 bridgehead atoms. The van der Waals surface area contributed by atoms with Crippen molar-refractivity contribution in [1.82, 2.24) is 14.8 Å². The molecule has 102 valence electrons.